The number of aromatic nitrogens is 2. The molecule has 1 N–H and O–H groups in total. The molecule has 2 heterocycles. The molecule has 3 atom stereocenters. The Morgan fingerprint density at radius 3 is 1.84 bits per heavy atom. The van der Waals surface area contributed by atoms with E-state index in [9.17, 15) is 9.59 Å². The second-order valence-corrected chi connectivity index (χ2v) is 18.1. The first-order chi connectivity index (χ1) is 27.0. The summed E-state index contributed by atoms with van der Waals surface area (Å²) in [6.07, 6.45) is 0.0459. The lowest BCUT2D eigenvalue weighted by molar-refractivity contribution is -0.0922. The van der Waals surface area contributed by atoms with Gasteiger partial charge < -0.3 is 24.3 Å². The molecule has 1 fully saturated rings. The van der Waals surface area contributed by atoms with Crippen LogP contribution in [0.4, 0.5) is 5.82 Å². The zero-order chi connectivity index (χ0) is 39.9. The van der Waals surface area contributed by atoms with Gasteiger partial charge in [-0.1, -0.05) is 72.8 Å². The number of methoxy groups -OCH3 is 2. The van der Waals surface area contributed by atoms with E-state index in [2.05, 4.69) is 38.0 Å². The van der Waals surface area contributed by atoms with Gasteiger partial charge in [0.2, 0.25) is 0 Å². The average molecular weight is 781 g/mol. The smallest absolute Gasteiger partial charge is 0.351 e. The van der Waals surface area contributed by atoms with Crippen molar-refractivity contribution in [3.05, 3.63) is 154 Å². The first-order valence-electron chi connectivity index (χ1n) is 18.8. The van der Waals surface area contributed by atoms with Gasteiger partial charge in [0.05, 0.1) is 27.9 Å². The van der Waals surface area contributed by atoms with Crippen molar-refractivity contribution in [3.63, 3.8) is 0 Å². The summed E-state index contributed by atoms with van der Waals surface area (Å²) in [5.74, 6) is 1.21. The molecule has 1 amide bonds. The van der Waals surface area contributed by atoms with E-state index in [-0.39, 0.29) is 29.6 Å². The van der Waals surface area contributed by atoms with Gasteiger partial charge in [0.25, 0.3) is 13.6 Å². The van der Waals surface area contributed by atoms with Crippen molar-refractivity contribution >= 4 is 19.4 Å². The van der Waals surface area contributed by atoms with Crippen molar-refractivity contribution in [1.29, 1.82) is 0 Å². The second-order valence-electron chi connectivity index (χ2n) is 14.2. The van der Waals surface area contributed by atoms with Crippen molar-refractivity contribution in [2.75, 3.05) is 33.3 Å². The standard InChI is InChI=1S/C44H50N3O8P/c1-30(2)56(52-7,31(3)4)55-38-28-41(47-27-26-40(46-43(47)49)45-42(48)32-14-10-8-11-15-32)54-39(38)29-53-44(33-16-12-9-13-17-33,34-18-22-36(50-5)23-19-34)35-20-24-37(51-6)25-21-35/h8-27,30-31,38-39,41H,28-29H2,1-7H3/p+1/t38-,39+,41+/m0/s1. The molecule has 0 aliphatic carbocycles. The molecule has 1 saturated heterocycles. The average Bonchev–Trinajstić information content (AvgIpc) is 3.62. The molecule has 0 unspecified atom stereocenters. The summed E-state index contributed by atoms with van der Waals surface area (Å²) in [5, 5.41) is 2.72. The van der Waals surface area contributed by atoms with Crippen LogP contribution in [-0.2, 0) is 24.1 Å². The molecule has 0 radical (unpaired) electrons. The number of benzene rings is 4. The molecule has 6 rings (SSSR count). The SMILES string of the molecule is COc1ccc(C(OC[C@H]2O[C@@H](n3ccc(NC(=O)c4ccccc4)nc3=O)C[C@@H]2O[P+](OC)(C(C)C)C(C)C)(c2ccccc2)c2ccc(OC)cc2)cc1. The monoisotopic (exact) mass is 780 g/mol. The molecular formula is C44H51N3O8P+. The molecular weight excluding hydrogens is 729 g/mol. The van der Waals surface area contributed by atoms with E-state index in [1.54, 1.807) is 57.9 Å². The van der Waals surface area contributed by atoms with Gasteiger partial charge in [0.15, 0.2) is 0 Å². The largest absolute Gasteiger partial charge is 0.497 e. The van der Waals surface area contributed by atoms with Crippen LogP contribution in [0.3, 0.4) is 0 Å². The van der Waals surface area contributed by atoms with E-state index < -0.39 is 37.4 Å². The topological polar surface area (TPSA) is 119 Å². The summed E-state index contributed by atoms with van der Waals surface area (Å²) in [6.45, 7) is 8.53. The van der Waals surface area contributed by atoms with Crippen molar-refractivity contribution in [3.8, 4) is 11.5 Å². The normalized spacial score (nSPS) is 17.3. The molecule has 56 heavy (non-hydrogen) atoms. The Hall–Kier alpha value is -4.90. The highest BCUT2D eigenvalue weighted by atomic mass is 31.2. The van der Waals surface area contributed by atoms with Crippen LogP contribution in [0.15, 0.2) is 126 Å². The van der Waals surface area contributed by atoms with Gasteiger partial charge in [-0.2, -0.15) is 9.51 Å². The number of hydrogen-bond donors (Lipinski definition) is 1. The Bertz CT molecular complexity index is 2040. The third-order valence-electron chi connectivity index (χ3n) is 10.3. The molecule has 0 spiro atoms. The van der Waals surface area contributed by atoms with Crippen LogP contribution in [0.25, 0.3) is 0 Å². The van der Waals surface area contributed by atoms with Crippen LogP contribution in [-0.4, -0.2) is 66.9 Å². The van der Waals surface area contributed by atoms with Crippen LogP contribution >= 0.6 is 7.72 Å². The fraction of sp³-hybridized carbons (Fsp3) is 0.341. The first kappa shape index (κ1) is 40.8. The van der Waals surface area contributed by atoms with Crippen molar-refractivity contribution in [1.82, 2.24) is 9.55 Å². The van der Waals surface area contributed by atoms with Gasteiger partial charge in [0, 0.05) is 18.2 Å². The lowest BCUT2D eigenvalue weighted by Gasteiger charge is -2.38. The lowest BCUT2D eigenvalue weighted by atomic mass is 9.80. The number of carbonyl (C=O) groups is 1. The second kappa shape index (κ2) is 17.9. The van der Waals surface area contributed by atoms with Crippen LogP contribution in [0, 0.1) is 0 Å². The Morgan fingerprint density at radius 2 is 1.34 bits per heavy atom. The third kappa shape index (κ3) is 8.43. The molecule has 294 valence electrons. The highest BCUT2D eigenvalue weighted by molar-refractivity contribution is 7.67. The molecule has 12 heteroatoms. The molecule has 0 saturated carbocycles. The Morgan fingerprint density at radius 1 is 0.804 bits per heavy atom. The lowest BCUT2D eigenvalue weighted by Crippen LogP contribution is -2.39. The van der Waals surface area contributed by atoms with E-state index in [1.807, 2.05) is 84.9 Å². The molecule has 1 aromatic heterocycles. The molecule has 11 nitrogen and oxygen atoms in total. The zero-order valence-corrected chi connectivity index (χ0v) is 33.9. The number of anilines is 1. The molecule has 1 aliphatic rings. The Kier molecular flexibility index (Phi) is 13.0. The van der Waals surface area contributed by atoms with E-state index >= 15 is 0 Å². The number of ether oxygens (including phenoxy) is 4. The van der Waals surface area contributed by atoms with Gasteiger partial charge >= 0.3 is 5.69 Å². The summed E-state index contributed by atoms with van der Waals surface area (Å²) in [7, 11) is 2.52. The van der Waals surface area contributed by atoms with Gasteiger partial charge in [-0.05, 0) is 86.8 Å². The highest BCUT2D eigenvalue weighted by Crippen LogP contribution is 2.69. The van der Waals surface area contributed by atoms with Crippen LogP contribution in [0.1, 0.15) is 67.4 Å². The van der Waals surface area contributed by atoms with Crippen molar-refractivity contribution in [2.45, 2.75) is 69.5 Å². The van der Waals surface area contributed by atoms with E-state index in [0.717, 1.165) is 16.7 Å². The summed E-state index contributed by atoms with van der Waals surface area (Å²) in [6, 6.07) is 36.1. The molecule has 1 aliphatic heterocycles. The fourth-order valence-corrected chi connectivity index (χ4v) is 10.7. The van der Waals surface area contributed by atoms with Crippen LogP contribution in [0.2, 0.25) is 0 Å². The van der Waals surface area contributed by atoms with E-state index in [1.165, 1.54) is 4.57 Å². The predicted molar refractivity (Wildman–Crippen MR) is 219 cm³/mol. The van der Waals surface area contributed by atoms with Crippen molar-refractivity contribution in [2.24, 2.45) is 0 Å². The number of nitrogens with zero attached hydrogens (tertiary/aromatic N) is 2. The summed E-state index contributed by atoms with van der Waals surface area (Å²) in [5.41, 5.74) is 1.61. The van der Waals surface area contributed by atoms with Gasteiger partial charge in [-0.3, -0.25) is 9.36 Å². The van der Waals surface area contributed by atoms with Gasteiger partial charge in [-0.25, -0.2) is 9.32 Å². The zero-order valence-electron chi connectivity index (χ0n) is 33.0. The number of nitrogens with one attached hydrogen (secondary N) is 1. The predicted octanol–water partition coefficient (Wildman–Crippen LogP) is 8.51. The molecule has 0 bridgehead atoms. The maximum atomic E-state index is 13.6. The van der Waals surface area contributed by atoms with Crippen LogP contribution in [0.5, 0.6) is 11.5 Å². The van der Waals surface area contributed by atoms with E-state index in [0.29, 0.717) is 23.5 Å². The first-order valence-corrected chi connectivity index (χ1v) is 20.5. The fourth-order valence-electron chi connectivity index (χ4n) is 7.41. The van der Waals surface area contributed by atoms with Crippen molar-refractivity contribution < 1.29 is 32.8 Å². The minimum absolute atomic E-state index is 0.0847. The number of carbonyl (C=O) groups excluding carboxylic acids is 1. The summed E-state index contributed by atoms with van der Waals surface area (Å²) >= 11 is 0. The number of rotatable bonds is 16. The Balaban J connectivity index is 1.38. The number of amides is 1. The molecule has 4 aromatic carbocycles. The summed E-state index contributed by atoms with van der Waals surface area (Å²) in [4.78, 5) is 30.6. The number of hydrogen-bond acceptors (Lipinski definition) is 9. The third-order valence-corrected chi connectivity index (χ3v) is 14.3. The van der Waals surface area contributed by atoms with Crippen LogP contribution < -0.4 is 20.5 Å². The maximum Gasteiger partial charge on any atom is 0.351 e. The quantitative estimate of drug-likeness (QED) is 0.0777. The minimum Gasteiger partial charge on any atom is -0.497 e. The molecule has 5 aromatic rings. The maximum absolute atomic E-state index is 13.6. The van der Waals surface area contributed by atoms with Gasteiger partial charge in [0.1, 0.15) is 52.7 Å². The van der Waals surface area contributed by atoms with E-state index in [4.69, 9.17) is 28.0 Å². The Labute approximate surface area is 329 Å². The summed E-state index contributed by atoms with van der Waals surface area (Å²) < 4.78 is 39.9. The highest BCUT2D eigenvalue weighted by Gasteiger charge is 2.54. The van der Waals surface area contributed by atoms with Gasteiger partial charge in [-0.15, -0.1) is 0 Å². The minimum atomic E-state index is -2.46.